The van der Waals surface area contributed by atoms with E-state index in [1.165, 1.54) is 5.56 Å². The van der Waals surface area contributed by atoms with E-state index >= 15 is 0 Å². The third-order valence-corrected chi connectivity index (χ3v) is 4.54. The fraction of sp³-hybridized carbons (Fsp3) is 0.667. The van der Waals surface area contributed by atoms with Crippen LogP contribution in [0.5, 0.6) is 11.5 Å². The molecule has 0 aromatic heterocycles. The monoisotopic (exact) mass is 521 g/mol. The third kappa shape index (κ3) is 9.86. The minimum atomic E-state index is 0. The maximum absolute atomic E-state index is 5.68. The first-order chi connectivity index (χ1) is 13.8. The van der Waals surface area contributed by atoms with E-state index in [2.05, 4.69) is 28.6 Å². The highest BCUT2D eigenvalue weighted by Crippen LogP contribution is 2.27. The van der Waals surface area contributed by atoms with Crippen LogP contribution in [0.2, 0.25) is 0 Å². The molecule has 0 spiro atoms. The molecule has 1 saturated heterocycles. The molecule has 0 saturated carbocycles. The average molecular weight is 521 g/mol. The summed E-state index contributed by atoms with van der Waals surface area (Å²) in [4.78, 5) is 4.61. The summed E-state index contributed by atoms with van der Waals surface area (Å²) in [7, 11) is 3.30. The molecule has 8 heteroatoms. The van der Waals surface area contributed by atoms with Crippen molar-refractivity contribution in [1.82, 2.24) is 10.6 Å². The van der Waals surface area contributed by atoms with Crippen LogP contribution >= 0.6 is 24.0 Å². The molecule has 7 nitrogen and oxygen atoms in total. The van der Waals surface area contributed by atoms with Crippen molar-refractivity contribution in [1.29, 1.82) is 0 Å². The molecule has 1 atom stereocenters. The Morgan fingerprint density at radius 2 is 2.03 bits per heavy atom. The van der Waals surface area contributed by atoms with Crippen LogP contribution in [-0.2, 0) is 15.9 Å². The van der Waals surface area contributed by atoms with Crippen LogP contribution in [0.4, 0.5) is 0 Å². The van der Waals surface area contributed by atoms with Gasteiger partial charge in [0.2, 0.25) is 0 Å². The molecular formula is C21H36IN3O4. The van der Waals surface area contributed by atoms with Crippen molar-refractivity contribution in [3.63, 3.8) is 0 Å². The number of methoxy groups -OCH3 is 2. The number of benzene rings is 1. The lowest BCUT2D eigenvalue weighted by atomic mass is 10.1. The van der Waals surface area contributed by atoms with Gasteiger partial charge in [-0.2, -0.15) is 0 Å². The summed E-state index contributed by atoms with van der Waals surface area (Å²) in [6, 6.07) is 6.00. The van der Waals surface area contributed by atoms with Crippen molar-refractivity contribution in [2.45, 2.75) is 38.7 Å². The largest absolute Gasteiger partial charge is 0.493 e. The van der Waals surface area contributed by atoms with Gasteiger partial charge in [0.05, 0.1) is 26.9 Å². The van der Waals surface area contributed by atoms with Gasteiger partial charge in [-0.25, -0.2) is 0 Å². The molecule has 0 amide bonds. The van der Waals surface area contributed by atoms with Crippen molar-refractivity contribution in [2.24, 2.45) is 4.99 Å². The van der Waals surface area contributed by atoms with Gasteiger partial charge in [0.15, 0.2) is 17.5 Å². The van der Waals surface area contributed by atoms with Crippen LogP contribution in [-0.4, -0.2) is 65.7 Å². The number of guanidine groups is 1. The first-order valence-electron chi connectivity index (χ1n) is 10.2. The van der Waals surface area contributed by atoms with Gasteiger partial charge in [0.25, 0.3) is 0 Å². The lowest BCUT2D eigenvalue weighted by Crippen LogP contribution is -2.38. The third-order valence-electron chi connectivity index (χ3n) is 4.54. The van der Waals surface area contributed by atoms with Gasteiger partial charge in [-0.3, -0.25) is 4.99 Å². The molecule has 0 aliphatic carbocycles. The minimum absolute atomic E-state index is 0. The van der Waals surface area contributed by atoms with Gasteiger partial charge >= 0.3 is 0 Å². The van der Waals surface area contributed by atoms with Crippen molar-refractivity contribution in [2.75, 3.05) is 53.7 Å². The molecule has 1 aromatic rings. The second kappa shape index (κ2) is 15.6. The summed E-state index contributed by atoms with van der Waals surface area (Å²) < 4.78 is 21.9. The minimum Gasteiger partial charge on any atom is -0.493 e. The summed E-state index contributed by atoms with van der Waals surface area (Å²) in [5.74, 6) is 2.33. The van der Waals surface area contributed by atoms with Gasteiger partial charge in [0.1, 0.15) is 0 Å². The molecule has 1 aromatic carbocycles. The zero-order valence-corrected chi connectivity index (χ0v) is 20.2. The standard InChI is InChI=1S/C21H35N3O4.HI/c1-4-22-21(23-11-6-13-27-16-18-7-5-14-28-18)24-12-10-17-8-9-19(25-2)20(15-17)26-3;/h8-9,15,18H,4-7,10-14,16H2,1-3H3,(H2,22,23,24);1H. The topological polar surface area (TPSA) is 73.3 Å². The molecule has 1 aliphatic heterocycles. The lowest BCUT2D eigenvalue weighted by molar-refractivity contribution is 0.0171. The molecule has 29 heavy (non-hydrogen) atoms. The molecule has 1 fully saturated rings. The van der Waals surface area contributed by atoms with E-state index in [4.69, 9.17) is 18.9 Å². The highest BCUT2D eigenvalue weighted by atomic mass is 127. The second-order valence-corrected chi connectivity index (χ2v) is 6.69. The molecule has 1 heterocycles. The number of halogens is 1. The van der Waals surface area contributed by atoms with E-state index in [1.807, 2.05) is 12.1 Å². The molecular weight excluding hydrogens is 485 g/mol. The summed E-state index contributed by atoms with van der Waals surface area (Å²) in [6.45, 7) is 6.71. The fourth-order valence-corrected chi connectivity index (χ4v) is 3.05. The number of rotatable bonds is 12. The van der Waals surface area contributed by atoms with Crippen LogP contribution in [0.15, 0.2) is 23.2 Å². The SMILES string of the molecule is CCNC(=NCCCOCC1CCCO1)NCCc1ccc(OC)c(OC)c1.I. The van der Waals surface area contributed by atoms with Crippen LogP contribution in [0, 0.1) is 0 Å². The van der Waals surface area contributed by atoms with E-state index in [0.717, 1.165) is 69.4 Å². The maximum atomic E-state index is 5.68. The zero-order chi connectivity index (χ0) is 20.0. The number of nitrogens with one attached hydrogen (secondary N) is 2. The van der Waals surface area contributed by atoms with Crippen LogP contribution in [0.25, 0.3) is 0 Å². The molecule has 1 aliphatic rings. The van der Waals surface area contributed by atoms with E-state index in [0.29, 0.717) is 19.3 Å². The van der Waals surface area contributed by atoms with Crippen molar-refractivity contribution < 1.29 is 18.9 Å². The fourth-order valence-electron chi connectivity index (χ4n) is 3.05. The van der Waals surface area contributed by atoms with Gasteiger partial charge in [-0.15, -0.1) is 24.0 Å². The second-order valence-electron chi connectivity index (χ2n) is 6.69. The normalized spacial score (nSPS) is 16.2. The van der Waals surface area contributed by atoms with Crippen LogP contribution < -0.4 is 20.1 Å². The number of hydrogen-bond donors (Lipinski definition) is 2. The predicted molar refractivity (Wildman–Crippen MR) is 127 cm³/mol. The Balaban J connectivity index is 0.00000420. The average Bonchev–Trinajstić information content (AvgIpc) is 3.23. The zero-order valence-electron chi connectivity index (χ0n) is 17.9. The van der Waals surface area contributed by atoms with Crippen molar-refractivity contribution >= 4 is 29.9 Å². The number of ether oxygens (including phenoxy) is 4. The Labute approximate surface area is 191 Å². The number of nitrogens with zero attached hydrogens (tertiary/aromatic N) is 1. The van der Waals surface area contributed by atoms with E-state index in [-0.39, 0.29) is 24.0 Å². The predicted octanol–water partition coefficient (Wildman–Crippen LogP) is 3.01. The van der Waals surface area contributed by atoms with Crippen LogP contribution in [0.1, 0.15) is 31.7 Å². The highest BCUT2D eigenvalue weighted by molar-refractivity contribution is 14.0. The van der Waals surface area contributed by atoms with E-state index < -0.39 is 0 Å². The van der Waals surface area contributed by atoms with E-state index in [9.17, 15) is 0 Å². The Hall–Kier alpha value is -1.26. The molecule has 1 unspecified atom stereocenters. The van der Waals surface area contributed by atoms with Crippen molar-refractivity contribution in [3.05, 3.63) is 23.8 Å². The first kappa shape index (κ1) is 25.8. The smallest absolute Gasteiger partial charge is 0.191 e. The summed E-state index contributed by atoms with van der Waals surface area (Å²) in [5.41, 5.74) is 1.18. The Morgan fingerprint density at radius 3 is 2.72 bits per heavy atom. The summed E-state index contributed by atoms with van der Waals surface area (Å²) in [5, 5.41) is 6.66. The number of aliphatic imine (C=N–C) groups is 1. The molecule has 2 rings (SSSR count). The first-order valence-corrected chi connectivity index (χ1v) is 10.2. The maximum Gasteiger partial charge on any atom is 0.191 e. The molecule has 2 N–H and O–H groups in total. The molecule has 166 valence electrons. The quantitative estimate of drug-likeness (QED) is 0.191. The van der Waals surface area contributed by atoms with Crippen LogP contribution in [0.3, 0.4) is 0 Å². The summed E-state index contributed by atoms with van der Waals surface area (Å²) >= 11 is 0. The molecule has 0 radical (unpaired) electrons. The Bertz CT molecular complexity index is 595. The van der Waals surface area contributed by atoms with E-state index in [1.54, 1.807) is 14.2 Å². The van der Waals surface area contributed by atoms with Gasteiger partial charge < -0.3 is 29.6 Å². The van der Waals surface area contributed by atoms with Gasteiger partial charge in [-0.1, -0.05) is 6.07 Å². The summed E-state index contributed by atoms with van der Waals surface area (Å²) in [6.07, 6.45) is 4.33. The van der Waals surface area contributed by atoms with Crippen molar-refractivity contribution in [3.8, 4) is 11.5 Å². The van der Waals surface area contributed by atoms with Gasteiger partial charge in [0, 0.05) is 32.8 Å². The lowest BCUT2D eigenvalue weighted by Gasteiger charge is -2.13. The number of hydrogen-bond acceptors (Lipinski definition) is 5. The Morgan fingerprint density at radius 1 is 1.21 bits per heavy atom. The van der Waals surface area contributed by atoms with Gasteiger partial charge in [-0.05, 0) is 50.3 Å². The Kier molecular flexibility index (Phi) is 13.8. The molecule has 0 bridgehead atoms. The highest BCUT2D eigenvalue weighted by Gasteiger charge is 2.14.